The fourth-order valence-corrected chi connectivity index (χ4v) is 1.38. The summed E-state index contributed by atoms with van der Waals surface area (Å²) in [6, 6.07) is 2.85. The van der Waals surface area contributed by atoms with Crippen LogP contribution >= 0.6 is 0 Å². The average molecular weight is 258 g/mol. The molecule has 0 bridgehead atoms. The molecule has 0 fully saturated rings. The molecule has 1 aromatic rings. The Labute approximate surface area is 103 Å². The molecule has 0 aliphatic heterocycles. The van der Waals surface area contributed by atoms with Crippen molar-refractivity contribution >= 4 is 5.95 Å². The molecule has 98 valence electrons. The van der Waals surface area contributed by atoms with Crippen molar-refractivity contribution in [1.82, 2.24) is 9.97 Å². The first-order chi connectivity index (χ1) is 8.38. The lowest BCUT2D eigenvalue weighted by molar-refractivity contribution is -0.141. The average Bonchev–Trinajstić information content (AvgIpc) is 2.34. The van der Waals surface area contributed by atoms with Gasteiger partial charge < -0.3 is 4.90 Å². The standard InChI is InChI=1S/C11H13F3N4/c1-3-18(7-8(2)6-15)10-16-5-4-9(17-10)11(12,13)14/h4-5,8H,3,7H2,1-2H3/t8-/m0/s1. The molecule has 0 aliphatic carbocycles. The van der Waals surface area contributed by atoms with E-state index in [1.807, 2.05) is 6.07 Å². The minimum atomic E-state index is -4.49. The molecule has 0 aliphatic rings. The summed E-state index contributed by atoms with van der Waals surface area (Å²) in [5.41, 5.74) is -0.976. The molecule has 4 nitrogen and oxygen atoms in total. The summed E-state index contributed by atoms with van der Waals surface area (Å²) in [5.74, 6) is -0.308. The van der Waals surface area contributed by atoms with Gasteiger partial charge in [-0.15, -0.1) is 0 Å². The smallest absolute Gasteiger partial charge is 0.340 e. The normalized spacial score (nSPS) is 12.9. The van der Waals surface area contributed by atoms with Gasteiger partial charge in [0.1, 0.15) is 5.69 Å². The van der Waals surface area contributed by atoms with Crippen LogP contribution in [0.25, 0.3) is 0 Å². The Morgan fingerprint density at radius 1 is 1.50 bits per heavy atom. The SMILES string of the molecule is CCN(C[C@@H](C)C#N)c1nccc(C(F)(F)F)n1. The number of anilines is 1. The lowest BCUT2D eigenvalue weighted by Gasteiger charge is -2.22. The van der Waals surface area contributed by atoms with Crippen molar-refractivity contribution in [2.75, 3.05) is 18.0 Å². The van der Waals surface area contributed by atoms with Crippen molar-refractivity contribution in [2.24, 2.45) is 5.92 Å². The van der Waals surface area contributed by atoms with E-state index in [0.717, 1.165) is 12.3 Å². The van der Waals surface area contributed by atoms with Crippen molar-refractivity contribution in [1.29, 1.82) is 5.26 Å². The molecule has 18 heavy (non-hydrogen) atoms. The van der Waals surface area contributed by atoms with Gasteiger partial charge in [-0.2, -0.15) is 18.4 Å². The van der Waals surface area contributed by atoms with E-state index in [0.29, 0.717) is 13.1 Å². The maximum absolute atomic E-state index is 12.5. The number of halogens is 3. The number of alkyl halides is 3. The van der Waals surface area contributed by atoms with Gasteiger partial charge in [0.05, 0.1) is 12.0 Å². The Balaban J connectivity index is 2.97. The minimum Gasteiger partial charge on any atom is -0.340 e. The topological polar surface area (TPSA) is 52.8 Å². The van der Waals surface area contributed by atoms with Crippen molar-refractivity contribution in [2.45, 2.75) is 20.0 Å². The molecule has 0 saturated heterocycles. The Morgan fingerprint density at radius 3 is 2.67 bits per heavy atom. The lowest BCUT2D eigenvalue weighted by atomic mass is 10.2. The summed E-state index contributed by atoms with van der Waals surface area (Å²) in [6.45, 7) is 4.20. The Bertz CT molecular complexity index is 439. The zero-order valence-corrected chi connectivity index (χ0v) is 10.1. The zero-order chi connectivity index (χ0) is 13.8. The molecular formula is C11H13F3N4. The van der Waals surface area contributed by atoms with Crippen LogP contribution in [-0.4, -0.2) is 23.1 Å². The predicted octanol–water partition coefficient (Wildman–Crippen LogP) is 2.48. The predicted molar refractivity (Wildman–Crippen MR) is 59.7 cm³/mol. The van der Waals surface area contributed by atoms with Crippen LogP contribution < -0.4 is 4.90 Å². The van der Waals surface area contributed by atoms with Crippen LogP contribution in [0.3, 0.4) is 0 Å². The number of hydrogen-bond donors (Lipinski definition) is 0. The van der Waals surface area contributed by atoms with Crippen LogP contribution in [0.15, 0.2) is 12.3 Å². The first kappa shape index (κ1) is 14.2. The maximum atomic E-state index is 12.5. The summed E-state index contributed by atoms with van der Waals surface area (Å²) < 4.78 is 37.5. The van der Waals surface area contributed by atoms with Crippen LogP contribution in [0.2, 0.25) is 0 Å². The second-order valence-corrected chi connectivity index (χ2v) is 3.81. The summed E-state index contributed by atoms with van der Waals surface area (Å²) >= 11 is 0. The first-order valence-corrected chi connectivity index (χ1v) is 5.43. The number of hydrogen-bond acceptors (Lipinski definition) is 4. The van der Waals surface area contributed by atoms with Crippen molar-refractivity contribution < 1.29 is 13.2 Å². The Hall–Kier alpha value is -1.84. The van der Waals surface area contributed by atoms with Crippen molar-refractivity contribution in [3.63, 3.8) is 0 Å². The molecule has 0 saturated carbocycles. The fraction of sp³-hybridized carbons (Fsp3) is 0.545. The second-order valence-electron chi connectivity index (χ2n) is 3.81. The second kappa shape index (κ2) is 5.67. The van der Waals surface area contributed by atoms with E-state index in [9.17, 15) is 13.2 Å². The molecule has 7 heteroatoms. The Kier molecular flexibility index (Phi) is 4.48. The van der Waals surface area contributed by atoms with Crippen LogP contribution in [-0.2, 0) is 6.18 Å². The van der Waals surface area contributed by atoms with E-state index in [1.165, 1.54) is 0 Å². The van der Waals surface area contributed by atoms with E-state index >= 15 is 0 Å². The maximum Gasteiger partial charge on any atom is 0.433 e. The highest BCUT2D eigenvalue weighted by Crippen LogP contribution is 2.28. The highest BCUT2D eigenvalue weighted by atomic mass is 19.4. The van der Waals surface area contributed by atoms with E-state index in [2.05, 4.69) is 9.97 Å². The molecule has 1 atom stereocenters. The van der Waals surface area contributed by atoms with E-state index < -0.39 is 11.9 Å². The molecule has 1 rings (SSSR count). The van der Waals surface area contributed by atoms with Gasteiger partial charge in [-0.25, -0.2) is 9.97 Å². The Morgan fingerprint density at radius 2 is 2.17 bits per heavy atom. The van der Waals surface area contributed by atoms with E-state index in [4.69, 9.17) is 5.26 Å². The summed E-state index contributed by atoms with van der Waals surface area (Å²) in [4.78, 5) is 8.84. The van der Waals surface area contributed by atoms with Crippen LogP contribution in [0.4, 0.5) is 19.1 Å². The van der Waals surface area contributed by atoms with Crippen LogP contribution in [0, 0.1) is 17.2 Å². The third kappa shape index (κ3) is 3.58. The van der Waals surface area contributed by atoms with E-state index in [-0.39, 0.29) is 11.9 Å². The van der Waals surface area contributed by atoms with Gasteiger partial charge in [-0.1, -0.05) is 0 Å². The zero-order valence-electron chi connectivity index (χ0n) is 10.1. The van der Waals surface area contributed by atoms with Crippen LogP contribution in [0.5, 0.6) is 0 Å². The van der Waals surface area contributed by atoms with Crippen LogP contribution in [0.1, 0.15) is 19.5 Å². The van der Waals surface area contributed by atoms with E-state index in [1.54, 1.807) is 18.7 Å². The third-order valence-electron chi connectivity index (χ3n) is 2.31. The molecule has 0 N–H and O–H groups in total. The molecule has 1 heterocycles. The molecular weight excluding hydrogens is 245 g/mol. The molecule has 0 amide bonds. The van der Waals surface area contributed by atoms with Gasteiger partial charge in [0.15, 0.2) is 0 Å². The number of rotatable bonds is 4. The van der Waals surface area contributed by atoms with Gasteiger partial charge in [0, 0.05) is 19.3 Å². The molecule has 0 radical (unpaired) electrons. The highest BCUT2D eigenvalue weighted by Gasteiger charge is 2.33. The monoisotopic (exact) mass is 258 g/mol. The number of aromatic nitrogens is 2. The van der Waals surface area contributed by atoms with Gasteiger partial charge in [-0.3, -0.25) is 0 Å². The molecule has 1 aromatic heterocycles. The molecule has 0 unspecified atom stereocenters. The van der Waals surface area contributed by atoms with Gasteiger partial charge in [0.2, 0.25) is 5.95 Å². The number of nitriles is 1. The lowest BCUT2D eigenvalue weighted by Crippen LogP contribution is -2.30. The third-order valence-corrected chi connectivity index (χ3v) is 2.31. The summed E-state index contributed by atoms with van der Waals surface area (Å²) in [5, 5.41) is 8.71. The molecule has 0 aromatic carbocycles. The summed E-state index contributed by atoms with van der Waals surface area (Å²) in [7, 11) is 0. The fourth-order valence-electron chi connectivity index (χ4n) is 1.38. The first-order valence-electron chi connectivity index (χ1n) is 5.43. The van der Waals surface area contributed by atoms with Crippen molar-refractivity contribution in [3.05, 3.63) is 18.0 Å². The van der Waals surface area contributed by atoms with Crippen molar-refractivity contribution in [3.8, 4) is 6.07 Å². The largest absolute Gasteiger partial charge is 0.433 e. The quantitative estimate of drug-likeness (QED) is 0.832. The highest BCUT2D eigenvalue weighted by molar-refractivity contribution is 5.31. The van der Waals surface area contributed by atoms with Gasteiger partial charge >= 0.3 is 6.18 Å². The number of nitrogens with zero attached hydrogens (tertiary/aromatic N) is 4. The molecule has 0 spiro atoms. The minimum absolute atomic E-state index is 0.00516. The summed E-state index contributed by atoms with van der Waals surface area (Å²) in [6.07, 6.45) is -3.41. The van der Waals surface area contributed by atoms with Gasteiger partial charge in [0.25, 0.3) is 0 Å². The van der Waals surface area contributed by atoms with Gasteiger partial charge in [-0.05, 0) is 19.9 Å².